The van der Waals surface area contributed by atoms with Gasteiger partial charge in [-0.15, -0.1) is 0 Å². The average Bonchev–Trinajstić information content (AvgIpc) is 1.90. The summed E-state index contributed by atoms with van der Waals surface area (Å²) in [7, 11) is -1.16. The number of rotatable bonds is 1. The van der Waals surface area contributed by atoms with E-state index in [1.54, 1.807) is 0 Å². The summed E-state index contributed by atoms with van der Waals surface area (Å²) in [6.45, 7) is 0. The summed E-state index contributed by atoms with van der Waals surface area (Å²) in [5.74, 6) is 0. The van der Waals surface area contributed by atoms with E-state index in [4.69, 9.17) is 0 Å². The minimum absolute atomic E-state index is 0. The predicted molar refractivity (Wildman–Crippen MR) is 34.6 cm³/mol. The molecule has 0 aliphatic carbocycles. The van der Waals surface area contributed by atoms with Crippen molar-refractivity contribution in [3.8, 4) is 0 Å². The Bertz CT molecular complexity index is 154. The molecule has 0 fully saturated rings. The summed E-state index contributed by atoms with van der Waals surface area (Å²) in [4.78, 5) is 10.3. The fourth-order valence-corrected chi connectivity index (χ4v) is 1.04. The van der Waals surface area contributed by atoms with Crippen LogP contribution in [0.1, 0.15) is 0 Å². The molecule has 0 saturated heterocycles. The van der Waals surface area contributed by atoms with Crippen LogP contribution in [0.25, 0.3) is 0 Å². The summed E-state index contributed by atoms with van der Waals surface area (Å²) in [5, 5.41) is 0.993. The van der Waals surface area contributed by atoms with E-state index in [1.807, 2.05) is 30.3 Å². The average molecular weight is 146 g/mol. The van der Waals surface area contributed by atoms with E-state index in [2.05, 4.69) is 0 Å². The van der Waals surface area contributed by atoms with Gasteiger partial charge in [-0.3, -0.25) is 0 Å². The van der Waals surface area contributed by atoms with Crippen molar-refractivity contribution in [1.29, 1.82) is 0 Å². The smallest absolute Gasteiger partial charge is 0.860 e. The van der Waals surface area contributed by atoms with E-state index < -0.39 is 9.76 Å². The molecule has 1 nitrogen and oxygen atoms in total. The Hall–Kier alpha value is 0.397. The van der Waals surface area contributed by atoms with Crippen molar-refractivity contribution >= 4 is 14.9 Å². The van der Waals surface area contributed by atoms with E-state index in [9.17, 15) is 4.80 Å². The van der Waals surface area contributed by atoms with Crippen LogP contribution in [0.2, 0.25) is 0 Å². The molecule has 0 aromatic heterocycles. The van der Waals surface area contributed by atoms with Crippen molar-refractivity contribution in [2.24, 2.45) is 0 Å². The van der Waals surface area contributed by atoms with Gasteiger partial charge in [0.25, 0.3) is 0 Å². The van der Waals surface area contributed by atoms with Gasteiger partial charge in [-0.25, -0.2) is 0 Å². The molecule has 0 aliphatic rings. The van der Waals surface area contributed by atoms with Crippen LogP contribution in [0, 0.1) is 0 Å². The van der Waals surface area contributed by atoms with E-state index in [0.29, 0.717) is 0 Å². The van der Waals surface area contributed by atoms with Crippen LogP contribution < -0.4 is 39.5 Å². The topological polar surface area (TPSA) is 23.1 Å². The first-order valence-corrected chi connectivity index (χ1v) is 3.84. The normalized spacial score (nSPS) is 9.44. The molecule has 0 radical (unpaired) electrons. The first kappa shape index (κ1) is 9.40. The Kier molecular flexibility index (Phi) is 5.43. The second-order valence-electron chi connectivity index (χ2n) is 1.63. The molecule has 0 saturated carbocycles. The molecule has 1 rings (SSSR count). The maximum Gasteiger partial charge on any atom is 1.00 e. The van der Waals surface area contributed by atoms with Gasteiger partial charge in [0.15, 0.2) is 0 Å². The first-order chi connectivity index (χ1) is 3.93. The van der Waals surface area contributed by atoms with Gasteiger partial charge in [0.2, 0.25) is 0 Å². The molecule has 0 unspecified atom stereocenters. The predicted octanol–water partition coefficient (Wildman–Crippen LogP) is -4.24. The molecule has 0 bridgehead atoms. The summed E-state index contributed by atoms with van der Waals surface area (Å²) in [6, 6.07) is 9.51. The standard InChI is InChI=1S/C6H7OSi.Na/c7-8-6-4-2-1-3-5-6;/h1-5H,8H2;/q-1;+1. The first-order valence-electron chi connectivity index (χ1n) is 2.55. The molecule has 3 heteroatoms. The van der Waals surface area contributed by atoms with Crippen LogP contribution in [-0.4, -0.2) is 9.76 Å². The molecule has 1 aromatic rings. The van der Waals surface area contributed by atoms with Gasteiger partial charge < -0.3 is 4.80 Å². The molecule has 1 aromatic carbocycles. The van der Waals surface area contributed by atoms with Gasteiger partial charge in [0.1, 0.15) is 0 Å². The number of hydrogen-bond acceptors (Lipinski definition) is 1. The molecule has 0 heterocycles. The Labute approximate surface area is 79.3 Å². The number of hydrogen-bond donors (Lipinski definition) is 0. The summed E-state index contributed by atoms with van der Waals surface area (Å²) >= 11 is 0. The van der Waals surface area contributed by atoms with Crippen LogP contribution in [0.4, 0.5) is 0 Å². The third kappa shape index (κ3) is 3.18. The fraction of sp³-hybridized carbons (Fsp3) is 0. The summed E-state index contributed by atoms with van der Waals surface area (Å²) < 4.78 is 0. The van der Waals surface area contributed by atoms with Gasteiger partial charge in [0, 0.05) is 0 Å². The van der Waals surface area contributed by atoms with Crippen molar-refractivity contribution in [1.82, 2.24) is 0 Å². The Morgan fingerprint density at radius 3 is 2.00 bits per heavy atom. The largest absolute Gasteiger partial charge is 1.00 e. The monoisotopic (exact) mass is 146 g/mol. The quantitative estimate of drug-likeness (QED) is 0.368. The summed E-state index contributed by atoms with van der Waals surface area (Å²) in [5.41, 5.74) is 0. The van der Waals surface area contributed by atoms with E-state index in [1.165, 1.54) is 0 Å². The van der Waals surface area contributed by atoms with Crippen molar-refractivity contribution < 1.29 is 34.4 Å². The maximum atomic E-state index is 10.3. The second kappa shape index (κ2) is 5.20. The van der Waals surface area contributed by atoms with Crippen molar-refractivity contribution in [3.63, 3.8) is 0 Å². The van der Waals surface area contributed by atoms with Crippen LogP contribution in [0.3, 0.4) is 0 Å². The molecule has 0 spiro atoms. The molecule has 0 N–H and O–H groups in total. The third-order valence-electron chi connectivity index (χ3n) is 1.01. The Balaban J connectivity index is 0.000000640. The molecular formula is C6H7NaOSi. The third-order valence-corrected chi connectivity index (χ3v) is 1.81. The van der Waals surface area contributed by atoms with Crippen LogP contribution >= 0.6 is 0 Å². The molecule has 0 atom stereocenters. The fourth-order valence-electron chi connectivity index (χ4n) is 0.574. The van der Waals surface area contributed by atoms with Crippen LogP contribution in [-0.2, 0) is 0 Å². The van der Waals surface area contributed by atoms with Gasteiger partial charge in [0.05, 0.1) is 0 Å². The molecular weight excluding hydrogens is 139 g/mol. The molecule has 9 heavy (non-hydrogen) atoms. The van der Waals surface area contributed by atoms with Crippen molar-refractivity contribution in [3.05, 3.63) is 30.3 Å². The van der Waals surface area contributed by atoms with E-state index >= 15 is 0 Å². The molecule has 42 valence electrons. The van der Waals surface area contributed by atoms with Gasteiger partial charge >= 0.3 is 29.6 Å². The minimum atomic E-state index is -1.16. The van der Waals surface area contributed by atoms with Gasteiger partial charge in [-0.1, -0.05) is 35.5 Å². The summed E-state index contributed by atoms with van der Waals surface area (Å²) in [6.07, 6.45) is 0. The van der Waals surface area contributed by atoms with Crippen molar-refractivity contribution in [2.45, 2.75) is 0 Å². The SMILES string of the molecule is [Na+].[O-][SiH2]c1ccccc1. The van der Waals surface area contributed by atoms with Crippen LogP contribution in [0.15, 0.2) is 30.3 Å². The van der Waals surface area contributed by atoms with Gasteiger partial charge in [-0.05, 0) is 9.76 Å². The minimum Gasteiger partial charge on any atom is -0.860 e. The maximum absolute atomic E-state index is 10.3. The molecule has 0 amide bonds. The van der Waals surface area contributed by atoms with Gasteiger partial charge in [-0.2, -0.15) is 0 Å². The Morgan fingerprint density at radius 2 is 1.67 bits per heavy atom. The van der Waals surface area contributed by atoms with Crippen molar-refractivity contribution in [2.75, 3.05) is 0 Å². The zero-order chi connectivity index (χ0) is 5.82. The second-order valence-corrected chi connectivity index (χ2v) is 2.74. The Morgan fingerprint density at radius 1 is 1.11 bits per heavy atom. The zero-order valence-electron chi connectivity index (χ0n) is 5.50. The van der Waals surface area contributed by atoms with E-state index in [-0.39, 0.29) is 29.6 Å². The van der Waals surface area contributed by atoms with Crippen LogP contribution in [0.5, 0.6) is 0 Å². The molecule has 0 aliphatic heterocycles. The van der Waals surface area contributed by atoms with E-state index in [0.717, 1.165) is 5.19 Å². The number of benzene rings is 1. The zero-order valence-corrected chi connectivity index (χ0v) is 8.92.